The van der Waals surface area contributed by atoms with Crippen LogP contribution in [0, 0.1) is 0 Å². The maximum absolute atomic E-state index is 11.1. The Kier molecular flexibility index (Phi) is 4.84. The Hall–Kier alpha value is -1.75. The Labute approximate surface area is 118 Å². The fourth-order valence-electron chi connectivity index (χ4n) is 2.25. The molecule has 0 spiro atoms. The molecular weight excluding hydrogens is 258 g/mol. The molecule has 0 unspecified atom stereocenters. The SMILES string of the molecule is CCOc1ccc(OCCNC2(C(=O)O)CCC2)cc1. The standard InChI is InChI=1S/C15H21NO4/c1-2-19-12-4-6-13(7-5-12)20-11-10-16-15(14(17)18)8-3-9-15/h4-7,16H,2-3,8-11H2,1H3,(H,17,18). The Morgan fingerprint density at radius 1 is 1.25 bits per heavy atom. The molecule has 0 bridgehead atoms. The monoisotopic (exact) mass is 279 g/mol. The van der Waals surface area contributed by atoms with Gasteiger partial charge in [-0.3, -0.25) is 10.1 Å². The average Bonchev–Trinajstić information content (AvgIpc) is 2.38. The predicted octanol–water partition coefficient (Wildman–Crippen LogP) is 2.06. The van der Waals surface area contributed by atoms with Crippen LogP contribution in [0.5, 0.6) is 11.5 Å². The summed E-state index contributed by atoms with van der Waals surface area (Å²) in [6.07, 6.45) is 2.37. The number of carboxylic acid groups (broad SMARTS) is 1. The van der Waals surface area contributed by atoms with Gasteiger partial charge in [0.15, 0.2) is 0 Å². The van der Waals surface area contributed by atoms with Gasteiger partial charge in [-0.2, -0.15) is 0 Å². The van der Waals surface area contributed by atoms with Crippen molar-refractivity contribution >= 4 is 5.97 Å². The van der Waals surface area contributed by atoms with E-state index >= 15 is 0 Å². The highest BCUT2D eigenvalue weighted by atomic mass is 16.5. The van der Waals surface area contributed by atoms with Crippen LogP contribution in [0.2, 0.25) is 0 Å². The lowest BCUT2D eigenvalue weighted by Crippen LogP contribution is -2.57. The van der Waals surface area contributed by atoms with Crippen molar-refractivity contribution < 1.29 is 19.4 Å². The van der Waals surface area contributed by atoms with Crippen molar-refractivity contribution in [1.82, 2.24) is 5.32 Å². The van der Waals surface area contributed by atoms with Crippen LogP contribution in [0.3, 0.4) is 0 Å². The average molecular weight is 279 g/mol. The van der Waals surface area contributed by atoms with Gasteiger partial charge in [0.25, 0.3) is 0 Å². The minimum absolute atomic E-state index is 0.447. The van der Waals surface area contributed by atoms with Crippen LogP contribution in [-0.2, 0) is 4.79 Å². The zero-order chi connectivity index (χ0) is 14.4. The molecule has 0 aliphatic heterocycles. The van der Waals surface area contributed by atoms with E-state index in [4.69, 9.17) is 14.6 Å². The van der Waals surface area contributed by atoms with Gasteiger partial charge in [0, 0.05) is 6.54 Å². The number of hydrogen-bond donors (Lipinski definition) is 2. The molecule has 20 heavy (non-hydrogen) atoms. The Morgan fingerprint density at radius 2 is 1.85 bits per heavy atom. The van der Waals surface area contributed by atoms with Crippen LogP contribution in [0.4, 0.5) is 0 Å². The third kappa shape index (κ3) is 3.42. The second-order valence-electron chi connectivity index (χ2n) is 4.92. The Morgan fingerprint density at radius 3 is 2.30 bits per heavy atom. The van der Waals surface area contributed by atoms with Gasteiger partial charge in [-0.25, -0.2) is 0 Å². The number of carbonyl (C=O) groups is 1. The number of nitrogens with one attached hydrogen (secondary N) is 1. The first kappa shape index (κ1) is 14.7. The first-order chi connectivity index (χ1) is 9.66. The Bertz CT molecular complexity index is 440. The highest BCUT2D eigenvalue weighted by molar-refractivity contribution is 5.79. The molecule has 1 saturated carbocycles. The third-order valence-electron chi connectivity index (χ3n) is 3.59. The second-order valence-corrected chi connectivity index (χ2v) is 4.92. The molecule has 0 radical (unpaired) electrons. The van der Waals surface area contributed by atoms with Gasteiger partial charge in [-0.15, -0.1) is 0 Å². The first-order valence-corrected chi connectivity index (χ1v) is 7.00. The van der Waals surface area contributed by atoms with E-state index in [-0.39, 0.29) is 0 Å². The summed E-state index contributed by atoms with van der Waals surface area (Å²) in [6, 6.07) is 7.41. The topological polar surface area (TPSA) is 67.8 Å². The smallest absolute Gasteiger partial charge is 0.323 e. The van der Waals surface area contributed by atoms with Gasteiger partial charge < -0.3 is 14.6 Å². The van der Waals surface area contributed by atoms with E-state index in [2.05, 4.69) is 5.32 Å². The van der Waals surface area contributed by atoms with Gasteiger partial charge in [-0.1, -0.05) is 0 Å². The fraction of sp³-hybridized carbons (Fsp3) is 0.533. The fourth-order valence-corrected chi connectivity index (χ4v) is 2.25. The molecule has 1 aromatic carbocycles. The van der Waals surface area contributed by atoms with Crippen molar-refractivity contribution in [1.29, 1.82) is 0 Å². The summed E-state index contributed by atoms with van der Waals surface area (Å²) in [7, 11) is 0. The van der Waals surface area contributed by atoms with E-state index in [1.54, 1.807) is 0 Å². The van der Waals surface area contributed by atoms with Crippen LogP contribution >= 0.6 is 0 Å². The normalized spacial score (nSPS) is 16.2. The Balaban J connectivity index is 1.71. The molecule has 0 heterocycles. The van der Waals surface area contributed by atoms with Crippen LogP contribution < -0.4 is 14.8 Å². The van der Waals surface area contributed by atoms with Crippen molar-refractivity contribution in [2.75, 3.05) is 19.8 Å². The molecule has 2 N–H and O–H groups in total. The van der Waals surface area contributed by atoms with Crippen LogP contribution in [0.25, 0.3) is 0 Å². The van der Waals surface area contributed by atoms with Gasteiger partial charge >= 0.3 is 5.97 Å². The highest BCUT2D eigenvalue weighted by Crippen LogP contribution is 2.31. The van der Waals surface area contributed by atoms with E-state index in [9.17, 15) is 4.79 Å². The summed E-state index contributed by atoms with van der Waals surface area (Å²) < 4.78 is 10.9. The molecule has 0 aromatic heterocycles. The molecular formula is C15H21NO4. The van der Waals surface area contributed by atoms with Crippen LogP contribution in [0.15, 0.2) is 24.3 Å². The molecule has 1 aliphatic carbocycles. The van der Waals surface area contributed by atoms with E-state index in [1.807, 2.05) is 31.2 Å². The second kappa shape index (κ2) is 6.61. The molecule has 1 aliphatic rings. The summed E-state index contributed by atoms with van der Waals surface area (Å²) in [5.74, 6) is 0.815. The number of hydrogen-bond acceptors (Lipinski definition) is 4. The molecule has 5 heteroatoms. The van der Waals surface area contributed by atoms with Crippen molar-refractivity contribution in [3.63, 3.8) is 0 Å². The number of ether oxygens (including phenoxy) is 2. The van der Waals surface area contributed by atoms with Crippen molar-refractivity contribution in [2.45, 2.75) is 31.7 Å². The van der Waals surface area contributed by atoms with Crippen LogP contribution in [-0.4, -0.2) is 36.4 Å². The van der Waals surface area contributed by atoms with Gasteiger partial charge in [0.1, 0.15) is 23.6 Å². The number of rotatable bonds is 8. The van der Waals surface area contributed by atoms with E-state index < -0.39 is 11.5 Å². The van der Waals surface area contributed by atoms with E-state index in [1.165, 1.54) is 0 Å². The summed E-state index contributed by atoms with van der Waals surface area (Å²) in [4.78, 5) is 11.1. The summed E-state index contributed by atoms with van der Waals surface area (Å²) in [5.41, 5.74) is -0.720. The molecule has 1 fully saturated rings. The molecule has 0 saturated heterocycles. The number of benzene rings is 1. The van der Waals surface area contributed by atoms with Crippen LogP contribution in [0.1, 0.15) is 26.2 Å². The zero-order valence-corrected chi connectivity index (χ0v) is 11.7. The molecule has 2 rings (SSSR count). The van der Waals surface area contributed by atoms with Gasteiger partial charge in [-0.05, 0) is 50.5 Å². The quantitative estimate of drug-likeness (QED) is 0.713. The summed E-state index contributed by atoms with van der Waals surface area (Å²) in [5, 5.41) is 12.2. The number of carboxylic acids is 1. The first-order valence-electron chi connectivity index (χ1n) is 7.00. The summed E-state index contributed by atoms with van der Waals surface area (Å²) in [6.45, 7) is 3.55. The predicted molar refractivity (Wildman–Crippen MR) is 75.3 cm³/mol. The molecule has 5 nitrogen and oxygen atoms in total. The summed E-state index contributed by atoms with van der Waals surface area (Å²) >= 11 is 0. The maximum atomic E-state index is 11.1. The lowest BCUT2D eigenvalue weighted by Gasteiger charge is -2.38. The molecule has 110 valence electrons. The molecule has 0 amide bonds. The minimum atomic E-state index is -0.759. The number of aliphatic carboxylic acids is 1. The van der Waals surface area contributed by atoms with E-state index in [0.29, 0.717) is 32.6 Å². The van der Waals surface area contributed by atoms with E-state index in [0.717, 1.165) is 17.9 Å². The molecule has 1 aromatic rings. The van der Waals surface area contributed by atoms with Crippen molar-refractivity contribution in [3.8, 4) is 11.5 Å². The maximum Gasteiger partial charge on any atom is 0.323 e. The lowest BCUT2D eigenvalue weighted by atomic mass is 9.77. The van der Waals surface area contributed by atoms with Gasteiger partial charge in [0.2, 0.25) is 0 Å². The largest absolute Gasteiger partial charge is 0.494 e. The highest BCUT2D eigenvalue weighted by Gasteiger charge is 2.43. The third-order valence-corrected chi connectivity index (χ3v) is 3.59. The zero-order valence-electron chi connectivity index (χ0n) is 11.7. The van der Waals surface area contributed by atoms with Crippen molar-refractivity contribution in [2.24, 2.45) is 0 Å². The lowest BCUT2D eigenvalue weighted by molar-refractivity contribution is -0.148. The van der Waals surface area contributed by atoms with Gasteiger partial charge in [0.05, 0.1) is 6.61 Å². The molecule has 0 atom stereocenters. The van der Waals surface area contributed by atoms with Crippen molar-refractivity contribution in [3.05, 3.63) is 24.3 Å². The minimum Gasteiger partial charge on any atom is -0.494 e.